The van der Waals surface area contributed by atoms with Gasteiger partial charge in [0, 0.05) is 6.54 Å². The maximum Gasteiger partial charge on any atom is 0.329 e. The number of rotatable bonds is 1. The first kappa shape index (κ1) is 11.1. The molecule has 0 amide bonds. The van der Waals surface area contributed by atoms with Gasteiger partial charge in [-0.3, -0.25) is 4.79 Å². The Balaban J connectivity index is 0.000000845. The molecule has 3 aliphatic heterocycles. The van der Waals surface area contributed by atoms with Crippen molar-refractivity contribution in [2.45, 2.75) is 12.8 Å². The van der Waals surface area contributed by atoms with E-state index in [2.05, 4.69) is 9.19 Å². The van der Waals surface area contributed by atoms with E-state index in [1.807, 2.05) is 0 Å². The fourth-order valence-corrected chi connectivity index (χ4v) is 2.40. The number of hydrogen-bond acceptors (Lipinski definition) is 3. The first-order valence-electron chi connectivity index (χ1n) is 4.36. The maximum atomic E-state index is 11.2. The normalized spacial score (nSPS) is 36.5. The van der Waals surface area contributed by atoms with Crippen LogP contribution in [0.5, 0.6) is 0 Å². The van der Waals surface area contributed by atoms with E-state index in [1.54, 1.807) is 0 Å². The largest absolute Gasteiger partial charge is 0.347 e. The lowest BCUT2D eigenvalue weighted by atomic mass is 9.79. The summed E-state index contributed by atoms with van der Waals surface area (Å²) < 4.78 is 4.25. The smallest absolute Gasteiger partial charge is 0.329 e. The van der Waals surface area contributed by atoms with Crippen molar-refractivity contribution in [3.8, 4) is 0 Å². The minimum absolute atomic E-state index is 0. The predicted molar refractivity (Wildman–Crippen MR) is 51.8 cm³/mol. The molecule has 0 N–H and O–H groups in total. The summed E-state index contributed by atoms with van der Waals surface area (Å²) in [6.07, 6.45) is 2.24. The fraction of sp³-hybridized carbons (Fsp3) is 0.875. The molecule has 0 aromatic carbocycles. The van der Waals surface area contributed by atoms with Crippen LogP contribution in [0.2, 0.25) is 0 Å². The van der Waals surface area contributed by atoms with Gasteiger partial charge >= 0.3 is 5.97 Å². The molecule has 0 saturated carbocycles. The van der Waals surface area contributed by atoms with Gasteiger partial charge in [0.15, 0.2) is 0 Å². The van der Waals surface area contributed by atoms with E-state index >= 15 is 0 Å². The molecule has 76 valence electrons. The molecule has 0 aliphatic carbocycles. The number of carbonyl (C=O) groups is 1. The van der Waals surface area contributed by atoms with Crippen molar-refractivity contribution in [1.82, 2.24) is 4.90 Å². The first-order valence-corrected chi connectivity index (χ1v) is 4.67. The summed E-state index contributed by atoms with van der Waals surface area (Å²) in [7, 11) is 0. The molecule has 13 heavy (non-hydrogen) atoms. The van der Waals surface area contributed by atoms with Crippen LogP contribution in [-0.2, 0) is 9.08 Å². The third-order valence-corrected chi connectivity index (χ3v) is 3.19. The standard InChI is InChI=1S/C8H12ClNO2.ClH/c9-12-8(11)7-5-10-3-1-6(7)2-4-10;/h6-7H,1-5H2;1H. The Morgan fingerprint density at radius 1 is 1.38 bits per heavy atom. The zero-order valence-electron chi connectivity index (χ0n) is 7.24. The number of hydrogen-bond donors (Lipinski definition) is 0. The second kappa shape index (κ2) is 4.49. The molecule has 3 aliphatic rings. The number of piperidine rings is 3. The van der Waals surface area contributed by atoms with Crippen LogP contribution in [0.15, 0.2) is 0 Å². The lowest BCUT2D eigenvalue weighted by molar-refractivity contribution is -0.145. The highest BCUT2D eigenvalue weighted by molar-refractivity contribution is 6.13. The summed E-state index contributed by atoms with van der Waals surface area (Å²) >= 11 is 5.05. The quantitative estimate of drug-likeness (QED) is 0.677. The Morgan fingerprint density at radius 3 is 2.38 bits per heavy atom. The monoisotopic (exact) mass is 225 g/mol. The van der Waals surface area contributed by atoms with Gasteiger partial charge in [0.1, 0.15) is 11.9 Å². The summed E-state index contributed by atoms with van der Waals surface area (Å²) in [4.78, 5) is 13.5. The SMILES string of the molecule is Cl.O=C(OCl)C1CN2CCC1CC2. The zero-order valence-corrected chi connectivity index (χ0v) is 8.81. The lowest BCUT2D eigenvalue weighted by Gasteiger charge is -2.42. The Bertz CT molecular complexity index is 193. The van der Waals surface area contributed by atoms with Gasteiger partial charge in [0.05, 0.1) is 5.92 Å². The summed E-state index contributed by atoms with van der Waals surface area (Å²) in [5.74, 6) is 0.303. The Morgan fingerprint density at radius 2 is 2.00 bits per heavy atom. The Labute approximate surface area is 88.9 Å². The fourth-order valence-electron chi connectivity index (χ4n) is 2.29. The van der Waals surface area contributed by atoms with Gasteiger partial charge < -0.3 is 9.19 Å². The van der Waals surface area contributed by atoms with Crippen molar-refractivity contribution in [3.63, 3.8) is 0 Å². The molecule has 3 fully saturated rings. The molecule has 0 aromatic rings. The number of halogens is 2. The molecule has 1 unspecified atom stereocenters. The van der Waals surface area contributed by atoms with Crippen LogP contribution in [0.1, 0.15) is 12.8 Å². The molecule has 0 spiro atoms. The average Bonchev–Trinajstić information content (AvgIpc) is 2.18. The first-order chi connectivity index (χ1) is 5.81. The van der Waals surface area contributed by atoms with Gasteiger partial charge in [-0.1, -0.05) is 0 Å². The van der Waals surface area contributed by atoms with Crippen LogP contribution in [0.4, 0.5) is 0 Å². The highest BCUT2D eigenvalue weighted by atomic mass is 35.5. The van der Waals surface area contributed by atoms with Crippen molar-refractivity contribution in [1.29, 1.82) is 0 Å². The zero-order chi connectivity index (χ0) is 8.55. The van der Waals surface area contributed by atoms with Gasteiger partial charge in [-0.15, -0.1) is 12.4 Å². The van der Waals surface area contributed by atoms with E-state index in [-0.39, 0.29) is 24.3 Å². The number of fused-ring (bicyclic) bond motifs is 3. The Kier molecular flexibility index (Phi) is 3.83. The minimum Gasteiger partial charge on any atom is -0.347 e. The van der Waals surface area contributed by atoms with Crippen LogP contribution in [0.3, 0.4) is 0 Å². The van der Waals surface area contributed by atoms with Gasteiger partial charge in [0.25, 0.3) is 0 Å². The van der Waals surface area contributed by atoms with Crippen LogP contribution in [-0.4, -0.2) is 30.5 Å². The Hall–Kier alpha value is 0.01000. The van der Waals surface area contributed by atoms with Crippen molar-refractivity contribution in [2.75, 3.05) is 19.6 Å². The molecule has 2 bridgehead atoms. The van der Waals surface area contributed by atoms with Crippen LogP contribution in [0, 0.1) is 11.8 Å². The molecule has 3 rings (SSSR count). The molecular formula is C8H13Cl2NO2. The van der Waals surface area contributed by atoms with Gasteiger partial charge in [-0.25, -0.2) is 0 Å². The summed E-state index contributed by atoms with van der Waals surface area (Å²) in [6, 6.07) is 0. The summed E-state index contributed by atoms with van der Waals surface area (Å²) in [6.45, 7) is 3.11. The third-order valence-electron chi connectivity index (χ3n) is 3.03. The van der Waals surface area contributed by atoms with Crippen molar-refractivity contribution in [3.05, 3.63) is 0 Å². The molecule has 3 saturated heterocycles. The molecule has 0 radical (unpaired) electrons. The van der Waals surface area contributed by atoms with Gasteiger partial charge in [-0.2, -0.15) is 0 Å². The molecule has 5 heteroatoms. The molecule has 3 nitrogen and oxygen atoms in total. The number of nitrogens with zero attached hydrogens (tertiary/aromatic N) is 1. The van der Waals surface area contributed by atoms with E-state index in [4.69, 9.17) is 11.9 Å². The van der Waals surface area contributed by atoms with Crippen molar-refractivity contribution >= 4 is 30.2 Å². The molecule has 3 heterocycles. The van der Waals surface area contributed by atoms with E-state index in [0.717, 1.165) is 32.5 Å². The molecular weight excluding hydrogens is 213 g/mol. The third kappa shape index (κ3) is 2.09. The van der Waals surface area contributed by atoms with E-state index in [9.17, 15) is 4.79 Å². The highest BCUT2D eigenvalue weighted by Gasteiger charge is 2.39. The maximum absolute atomic E-state index is 11.2. The molecule has 0 aromatic heterocycles. The summed E-state index contributed by atoms with van der Waals surface area (Å²) in [5.41, 5.74) is 0. The van der Waals surface area contributed by atoms with Crippen LogP contribution in [0.25, 0.3) is 0 Å². The highest BCUT2D eigenvalue weighted by Crippen LogP contribution is 2.32. The topological polar surface area (TPSA) is 29.5 Å². The second-order valence-electron chi connectivity index (χ2n) is 3.64. The van der Waals surface area contributed by atoms with Crippen LogP contribution < -0.4 is 0 Å². The van der Waals surface area contributed by atoms with Crippen molar-refractivity contribution in [2.24, 2.45) is 11.8 Å². The second-order valence-corrected chi connectivity index (χ2v) is 3.80. The van der Waals surface area contributed by atoms with E-state index < -0.39 is 0 Å². The average molecular weight is 226 g/mol. The number of carbonyl (C=O) groups excluding carboxylic acids is 1. The summed E-state index contributed by atoms with van der Waals surface area (Å²) in [5, 5.41) is 0. The minimum atomic E-state index is -0.244. The van der Waals surface area contributed by atoms with E-state index in [1.165, 1.54) is 0 Å². The van der Waals surface area contributed by atoms with Crippen LogP contribution >= 0.6 is 24.3 Å². The lowest BCUT2D eigenvalue weighted by Crippen LogP contribution is -2.50. The van der Waals surface area contributed by atoms with Gasteiger partial charge in [0.2, 0.25) is 0 Å². The van der Waals surface area contributed by atoms with E-state index in [0.29, 0.717) is 5.92 Å². The van der Waals surface area contributed by atoms with Gasteiger partial charge in [-0.05, 0) is 31.8 Å². The van der Waals surface area contributed by atoms with Crippen molar-refractivity contribution < 1.29 is 9.08 Å². The predicted octanol–water partition coefficient (Wildman–Crippen LogP) is 1.45. The molecule has 1 atom stereocenters.